The van der Waals surface area contributed by atoms with Gasteiger partial charge in [-0.3, -0.25) is 0 Å². The van der Waals surface area contributed by atoms with Crippen molar-refractivity contribution in [2.75, 3.05) is 26.4 Å². The molecule has 0 radical (unpaired) electrons. The first kappa shape index (κ1) is 46.4. The van der Waals surface area contributed by atoms with Crippen molar-refractivity contribution in [2.24, 2.45) is 0 Å². The van der Waals surface area contributed by atoms with Gasteiger partial charge in [-0.25, -0.2) is 19.2 Å². The van der Waals surface area contributed by atoms with Crippen LogP contribution in [0.2, 0.25) is 0 Å². The number of aliphatic hydroxyl groups excluding tert-OH is 2. The Bertz CT molecular complexity index is 2160. The molecule has 0 aliphatic heterocycles. The lowest BCUT2D eigenvalue weighted by Crippen LogP contribution is -2.27. The third-order valence-electron chi connectivity index (χ3n) is 7.38. The molecule has 316 valence electrons. The lowest BCUT2D eigenvalue weighted by atomic mass is 10.2. The second-order valence-corrected chi connectivity index (χ2v) is 12.1. The summed E-state index contributed by atoms with van der Waals surface area (Å²) in [5, 5.41) is 93.5. The Morgan fingerprint density at radius 3 is 1.00 bits per heavy atom. The van der Waals surface area contributed by atoms with Gasteiger partial charge in [0.1, 0.15) is 25.9 Å². The Hall–Kier alpha value is -7.96. The number of carbonyl (C=O) groups excluding carboxylic acids is 4. The fraction of sp³-hybridized carbons (Fsp3) is 0.143. The summed E-state index contributed by atoms with van der Waals surface area (Å²) in [6, 6.07) is 15.9. The van der Waals surface area contributed by atoms with Crippen LogP contribution in [-0.2, 0) is 38.1 Å². The molecule has 1 unspecified atom stereocenters. The number of ether oxygens (including phenoxy) is 4. The van der Waals surface area contributed by atoms with E-state index in [0.717, 1.165) is 24.3 Å². The van der Waals surface area contributed by atoms with Crippen molar-refractivity contribution in [2.45, 2.75) is 12.2 Å². The molecule has 0 heterocycles. The molecule has 60 heavy (non-hydrogen) atoms. The zero-order valence-corrected chi connectivity index (χ0v) is 31.3. The lowest BCUT2D eigenvalue weighted by molar-refractivity contribution is -0.154. The fourth-order valence-corrected chi connectivity index (χ4v) is 4.29. The quantitative estimate of drug-likeness (QED) is 0.0335. The molecule has 0 aromatic heterocycles. The minimum atomic E-state index is -1.24. The Morgan fingerprint density at radius 1 is 0.433 bits per heavy atom. The highest BCUT2D eigenvalue weighted by Crippen LogP contribution is 2.28. The van der Waals surface area contributed by atoms with Crippen LogP contribution < -0.4 is 0 Å². The van der Waals surface area contributed by atoms with Crippen LogP contribution in [0.4, 0.5) is 0 Å². The predicted octanol–water partition coefficient (Wildman–Crippen LogP) is 3.37. The Kier molecular flexibility index (Phi) is 18.0. The van der Waals surface area contributed by atoms with Gasteiger partial charge >= 0.3 is 23.9 Å². The summed E-state index contributed by atoms with van der Waals surface area (Å²) in [6.07, 6.45) is 7.29. The van der Waals surface area contributed by atoms with E-state index in [1.54, 1.807) is 0 Å². The number of hydrogen-bond acceptors (Lipinski definition) is 18. The number of rotatable bonds is 16. The highest BCUT2D eigenvalue weighted by atomic mass is 16.6. The lowest BCUT2D eigenvalue weighted by Gasteiger charge is -2.13. The van der Waals surface area contributed by atoms with E-state index in [-0.39, 0.29) is 52.6 Å². The van der Waals surface area contributed by atoms with Gasteiger partial charge in [-0.1, -0.05) is 24.3 Å². The molecule has 18 heteroatoms. The normalized spacial score (nSPS) is 11.7. The maximum Gasteiger partial charge on any atom is 0.331 e. The van der Waals surface area contributed by atoms with Gasteiger partial charge < -0.3 is 70.0 Å². The van der Waals surface area contributed by atoms with E-state index in [4.69, 9.17) is 18.9 Å². The zero-order valence-electron chi connectivity index (χ0n) is 31.3. The van der Waals surface area contributed by atoms with Crippen LogP contribution in [0, 0.1) is 0 Å². The van der Waals surface area contributed by atoms with Crippen molar-refractivity contribution in [1.29, 1.82) is 0 Å². The van der Waals surface area contributed by atoms with E-state index in [2.05, 4.69) is 0 Å². The standard InChI is InChI=1S/2C21H20O9/c22-15(11-29-20(27)7-3-13-1-5-16(23)18(25)9-13)12-30-21(28)8-4-14-2-6-17(24)19(26)10-14;22-11-15(30-21(28)8-4-14-2-6-17(24)19(26)10-14)12-29-20(27)7-3-13-1-5-16(23)18(25)9-13/h2*1-10,15,22-26H,11-12H2/b2*7-3+,8-4+. The largest absolute Gasteiger partial charge is 0.504 e. The average Bonchev–Trinajstić information content (AvgIpc) is 3.22. The molecular formula is C42H40O18. The van der Waals surface area contributed by atoms with Crippen LogP contribution in [0.1, 0.15) is 22.3 Å². The molecule has 0 bridgehead atoms. The van der Waals surface area contributed by atoms with Crippen LogP contribution in [0.25, 0.3) is 24.3 Å². The molecule has 18 nitrogen and oxygen atoms in total. The molecule has 4 aromatic carbocycles. The highest BCUT2D eigenvalue weighted by molar-refractivity contribution is 5.89. The van der Waals surface area contributed by atoms with Gasteiger partial charge in [-0.05, 0) is 95.1 Å². The summed E-state index contributed by atoms with van der Waals surface area (Å²) >= 11 is 0. The summed E-state index contributed by atoms with van der Waals surface area (Å²) in [6.45, 7) is -1.79. The molecule has 0 amide bonds. The molecule has 0 saturated heterocycles. The Balaban J connectivity index is 0.000000320. The molecule has 0 saturated carbocycles. The molecular weight excluding hydrogens is 792 g/mol. The first-order valence-corrected chi connectivity index (χ1v) is 17.3. The maximum absolute atomic E-state index is 11.8. The first-order chi connectivity index (χ1) is 28.5. The second kappa shape index (κ2) is 23.3. The van der Waals surface area contributed by atoms with Gasteiger partial charge in [-0.2, -0.15) is 0 Å². The molecule has 0 aliphatic rings. The van der Waals surface area contributed by atoms with Crippen molar-refractivity contribution in [3.05, 3.63) is 119 Å². The van der Waals surface area contributed by atoms with E-state index in [1.807, 2.05) is 0 Å². The summed E-state index contributed by atoms with van der Waals surface area (Å²) in [5.74, 6) is -5.63. The van der Waals surface area contributed by atoms with Crippen LogP contribution in [0.3, 0.4) is 0 Å². The Morgan fingerprint density at radius 2 is 0.717 bits per heavy atom. The maximum atomic E-state index is 11.8. The molecule has 0 spiro atoms. The van der Waals surface area contributed by atoms with E-state index >= 15 is 0 Å². The van der Waals surface area contributed by atoms with Gasteiger partial charge in [0.2, 0.25) is 0 Å². The van der Waals surface area contributed by atoms with Crippen molar-refractivity contribution < 1.29 is 89.2 Å². The van der Waals surface area contributed by atoms with E-state index in [0.29, 0.717) is 22.3 Å². The summed E-state index contributed by atoms with van der Waals surface area (Å²) < 4.78 is 19.5. The number of carbonyl (C=O) groups is 4. The smallest absolute Gasteiger partial charge is 0.331 e. The Labute approximate surface area is 340 Å². The van der Waals surface area contributed by atoms with E-state index < -0.39 is 55.9 Å². The average molecular weight is 833 g/mol. The topological polar surface area (TPSA) is 308 Å². The van der Waals surface area contributed by atoms with Crippen LogP contribution in [-0.4, -0.2) is 114 Å². The monoisotopic (exact) mass is 832 g/mol. The SMILES string of the molecule is O=C(/C=C/c1ccc(O)c(O)c1)OCC(CO)OC(=O)/C=C/c1ccc(O)c(O)c1.O=C(/C=C/c1ccc(O)c(O)c1)OCC(O)COC(=O)/C=C/c1ccc(O)c(O)c1. The minimum Gasteiger partial charge on any atom is -0.504 e. The number of benzene rings is 4. The zero-order chi connectivity index (χ0) is 44.2. The van der Waals surface area contributed by atoms with E-state index in [1.165, 1.54) is 97.1 Å². The predicted molar refractivity (Wildman–Crippen MR) is 211 cm³/mol. The van der Waals surface area contributed by atoms with E-state index in [9.17, 15) is 70.2 Å². The summed E-state index contributed by atoms with van der Waals surface area (Å²) in [5.41, 5.74) is 1.77. The number of phenols is 8. The van der Waals surface area contributed by atoms with Gasteiger partial charge in [0.05, 0.1) is 6.61 Å². The van der Waals surface area contributed by atoms with Crippen molar-refractivity contribution in [3.63, 3.8) is 0 Å². The molecule has 4 aromatic rings. The second-order valence-electron chi connectivity index (χ2n) is 12.1. The first-order valence-electron chi connectivity index (χ1n) is 17.3. The summed E-state index contributed by atoms with van der Waals surface area (Å²) in [4.78, 5) is 46.8. The van der Waals surface area contributed by atoms with Gasteiger partial charge in [-0.15, -0.1) is 0 Å². The van der Waals surface area contributed by atoms with Crippen LogP contribution >= 0.6 is 0 Å². The van der Waals surface area contributed by atoms with Crippen molar-refractivity contribution in [1.82, 2.24) is 0 Å². The summed E-state index contributed by atoms with van der Waals surface area (Å²) in [7, 11) is 0. The molecule has 0 aliphatic carbocycles. The van der Waals surface area contributed by atoms with Gasteiger partial charge in [0.15, 0.2) is 52.1 Å². The van der Waals surface area contributed by atoms with Crippen molar-refractivity contribution >= 4 is 48.2 Å². The molecule has 4 rings (SSSR count). The van der Waals surface area contributed by atoms with Crippen LogP contribution in [0.15, 0.2) is 97.1 Å². The molecule has 0 fully saturated rings. The highest BCUT2D eigenvalue weighted by Gasteiger charge is 2.15. The minimum absolute atomic E-state index is 0.288. The number of aromatic hydroxyl groups is 8. The molecule has 1 atom stereocenters. The third kappa shape index (κ3) is 16.6. The van der Waals surface area contributed by atoms with Gasteiger partial charge in [0.25, 0.3) is 0 Å². The third-order valence-corrected chi connectivity index (χ3v) is 7.38. The number of esters is 4. The van der Waals surface area contributed by atoms with Crippen LogP contribution in [0.5, 0.6) is 46.0 Å². The van der Waals surface area contributed by atoms with Gasteiger partial charge in [0, 0.05) is 24.3 Å². The number of phenolic OH excluding ortho intramolecular Hbond substituents is 8. The fourth-order valence-electron chi connectivity index (χ4n) is 4.29. The number of aliphatic hydroxyl groups is 2. The molecule has 10 N–H and O–H groups in total. The number of hydrogen-bond donors (Lipinski definition) is 10. The van der Waals surface area contributed by atoms with Crippen molar-refractivity contribution in [3.8, 4) is 46.0 Å².